The average Bonchev–Trinajstić information content (AvgIpc) is 3.23. The van der Waals surface area contributed by atoms with Crippen LogP contribution in [-0.4, -0.2) is 44.2 Å². The monoisotopic (exact) mass is 354 g/mol. The lowest BCUT2D eigenvalue weighted by molar-refractivity contribution is 0.163. The molecule has 4 rings (SSSR count). The smallest absolute Gasteiger partial charge is 0.141 e. The van der Waals surface area contributed by atoms with E-state index >= 15 is 0 Å². The lowest BCUT2D eigenvalue weighted by Gasteiger charge is -2.37. The van der Waals surface area contributed by atoms with Crippen LogP contribution in [0.2, 0.25) is 0 Å². The number of rotatable bonds is 6. The molecule has 0 bridgehead atoms. The number of H-pyrrole nitrogens is 1. The molecule has 26 heavy (non-hydrogen) atoms. The fourth-order valence-electron chi connectivity index (χ4n) is 4.50. The van der Waals surface area contributed by atoms with Gasteiger partial charge < -0.3 is 5.32 Å². The molecule has 0 spiro atoms. The molecule has 0 aromatic carbocycles. The molecule has 1 saturated carbocycles. The second-order valence-electron chi connectivity index (χ2n) is 7.78. The van der Waals surface area contributed by atoms with E-state index in [4.69, 9.17) is 0 Å². The summed E-state index contributed by atoms with van der Waals surface area (Å²) in [5, 5.41) is 11.2. The van der Waals surface area contributed by atoms with Crippen molar-refractivity contribution in [2.75, 3.05) is 13.1 Å². The summed E-state index contributed by atoms with van der Waals surface area (Å²) in [6, 6.07) is 7.06. The van der Waals surface area contributed by atoms with Crippen LogP contribution in [0.3, 0.4) is 0 Å². The van der Waals surface area contributed by atoms with Gasteiger partial charge in [-0.1, -0.05) is 25.3 Å². The van der Waals surface area contributed by atoms with E-state index in [1.165, 1.54) is 50.6 Å². The zero-order chi connectivity index (χ0) is 17.6. The summed E-state index contributed by atoms with van der Waals surface area (Å²) in [6.45, 7) is 3.21. The van der Waals surface area contributed by atoms with Gasteiger partial charge in [-0.15, -0.1) is 0 Å². The van der Waals surface area contributed by atoms with E-state index < -0.39 is 0 Å². The summed E-state index contributed by atoms with van der Waals surface area (Å²) < 4.78 is 0. The Labute approximate surface area is 155 Å². The Morgan fingerprint density at radius 1 is 1.08 bits per heavy atom. The summed E-state index contributed by atoms with van der Waals surface area (Å²) in [7, 11) is 0. The Bertz CT molecular complexity index is 630. The van der Waals surface area contributed by atoms with E-state index in [9.17, 15) is 0 Å². The summed E-state index contributed by atoms with van der Waals surface area (Å²) >= 11 is 0. The van der Waals surface area contributed by atoms with Gasteiger partial charge in [-0.05, 0) is 43.7 Å². The van der Waals surface area contributed by atoms with E-state index in [1.54, 1.807) is 6.33 Å². The fourth-order valence-corrected chi connectivity index (χ4v) is 4.50. The van der Waals surface area contributed by atoms with Crippen molar-refractivity contribution in [3.05, 3.63) is 42.2 Å². The van der Waals surface area contributed by atoms with Crippen LogP contribution >= 0.6 is 0 Å². The number of hydrogen-bond acceptors (Lipinski definition) is 5. The molecule has 1 aliphatic heterocycles. The van der Waals surface area contributed by atoms with Crippen molar-refractivity contribution < 1.29 is 0 Å². The van der Waals surface area contributed by atoms with Crippen molar-refractivity contribution in [2.45, 2.75) is 63.6 Å². The normalized spacial score (nSPS) is 21.7. The van der Waals surface area contributed by atoms with Crippen molar-refractivity contribution in [1.82, 2.24) is 30.4 Å². The van der Waals surface area contributed by atoms with Gasteiger partial charge in [0.2, 0.25) is 0 Å². The van der Waals surface area contributed by atoms with Gasteiger partial charge in [-0.2, -0.15) is 5.10 Å². The number of aromatic amines is 1. The topological polar surface area (TPSA) is 69.7 Å². The average molecular weight is 355 g/mol. The number of nitrogens with zero attached hydrogens (tertiary/aromatic N) is 4. The molecular weight excluding hydrogens is 324 g/mol. The molecular formula is C20H30N6. The molecule has 0 amide bonds. The first-order valence-electron chi connectivity index (χ1n) is 10.1. The van der Waals surface area contributed by atoms with E-state index in [2.05, 4.69) is 42.5 Å². The minimum atomic E-state index is 0.324. The molecule has 2 aromatic heterocycles. The largest absolute Gasteiger partial charge is 0.304 e. The summed E-state index contributed by atoms with van der Waals surface area (Å²) in [6.07, 6.45) is 12.6. The molecule has 2 aromatic rings. The number of aromatic nitrogens is 4. The first kappa shape index (κ1) is 17.6. The Morgan fingerprint density at radius 2 is 1.92 bits per heavy atom. The van der Waals surface area contributed by atoms with Crippen LogP contribution in [-0.2, 0) is 6.54 Å². The van der Waals surface area contributed by atoms with E-state index in [0.29, 0.717) is 18.0 Å². The summed E-state index contributed by atoms with van der Waals surface area (Å²) in [5.41, 5.74) is 1.17. The van der Waals surface area contributed by atoms with Crippen molar-refractivity contribution in [1.29, 1.82) is 0 Å². The lowest BCUT2D eigenvalue weighted by Crippen LogP contribution is -2.45. The van der Waals surface area contributed by atoms with Gasteiger partial charge in [0, 0.05) is 31.9 Å². The number of likely N-dealkylation sites (tertiary alicyclic amines) is 1. The van der Waals surface area contributed by atoms with Crippen LogP contribution in [0.15, 0.2) is 30.7 Å². The second-order valence-corrected chi connectivity index (χ2v) is 7.78. The molecule has 0 radical (unpaired) electrons. The zero-order valence-corrected chi connectivity index (χ0v) is 15.5. The third-order valence-corrected chi connectivity index (χ3v) is 5.96. The number of piperidine rings is 1. The highest BCUT2D eigenvalue weighted by molar-refractivity contribution is 5.04. The molecule has 140 valence electrons. The molecule has 6 heteroatoms. The highest BCUT2D eigenvalue weighted by Crippen LogP contribution is 2.34. The van der Waals surface area contributed by atoms with Crippen molar-refractivity contribution in [3.63, 3.8) is 0 Å². The molecule has 1 unspecified atom stereocenters. The minimum Gasteiger partial charge on any atom is -0.304 e. The summed E-state index contributed by atoms with van der Waals surface area (Å²) in [4.78, 5) is 11.5. The maximum Gasteiger partial charge on any atom is 0.141 e. The SMILES string of the molecule is c1ccc(CN2CCC(NC(c3ncn[nH]3)C3CCCCC3)CC2)nc1. The van der Waals surface area contributed by atoms with Gasteiger partial charge in [0.15, 0.2) is 0 Å². The Balaban J connectivity index is 1.32. The predicted octanol–water partition coefficient (Wildman–Crippen LogP) is 3.08. The molecule has 2 N–H and O–H groups in total. The van der Waals surface area contributed by atoms with E-state index in [0.717, 1.165) is 25.5 Å². The summed E-state index contributed by atoms with van der Waals surface area (Å²) in [5.74, 6) is 1.70. The Hall–Kier alpha value is -1.79. The van der Waals surface area contributed by atoms with Crippen molar-refractivity contribution >= 4 is 0 Å². The molecule has 1 saturated heterocycles. The van der Waals surface area contributed by atoms with E-state index in [-0.39, 0.29) is 0 Å². The first-order chi connectivity index (χ1) is 12.9. The Kier molecular flexibility index (Phi) is 5.92. The highest BCUT2D eigenvalue weighted by atomic mass is 15.2. The lowest BCUT2D eigenvalue weighted by atomic mass is 9.83. The van der Waals surface area contributed by atoms with Crippen molar-refractivity contribution in [3.8, 4) is 0 Å². The third kappa shape index (κ3) is 4.48. The van der Waals surface area contributed by atoms with Gasteiger partial charge in [0.1, 0.15) is 12.2 Å². The van der Waals surface area contributed by atoms with Gasteiger partial charge in [-0.3, -0.25) is 15.0 Å². The number of pyridine rings is 1. The van der Waals surface area contributed by atoms with Gasteiger partial charge in [0.05, 0.1) is 11.7 Å². The maximum atomic E-state index is 4.48. The fraction of sp³-hybridized carbons (Fsp3) is 0.650. The molecule has 2 aliphatic rings. The number of hydrogen-bond donors (Lipinski definition) is 2. The standard InChI is InChI=1S/C20H30N6/c1-2-6-16(7-3-1)19(20-22-15-23-25-20)24-17-9-12-26(13-10-17)14-18-8-4-5-11-21-18/h4-5,8,11,15-17,19,24H,1-3,6-7,9-10,12-14H2,(H,22,23,25). The molecule has 6 nitrogen and oxygen atoms in total. The van der Waals surface area contributed by atoms with Crippen LogP contribution in [0.5, 0.6) is 0 Å². The van der Waals surface area contributed by atoms with Crippen LogP contribution in [0, 0.1) is 5.92 Å². The molecule has 2 fully saturated rings. The van der Waals surface area contributed by atoms with Crippen LogP contribution in [0.4, 0.5) is 0 Å². The zero-order valence-electron chi connectivity index (χ0n) is 15.5. The van der Waals surface area contributed by atoms with Gasteiger partial charge in [0.25, 0.3) is 0 Å². The number of nitrogens with one attached hydrogen (secondary N) is 2. The Morgan fingerprint density at radius 3 is 2.62 bits per heavy atom. The highest BCUT2D eigenvalue weighted by Gasteiger charge is 2.30. The van der Waals surface area contributed by atoms with Gasteiger partial charge >= 0.3 is 0 Å². The predicted molar refractivity (Wildman–Crippen MR) is 101 cm³/mol. The molecule has 1 aliphatic carbocycles. The van der Waals surface area contributed by atoms with Crippen LogP contribution in [0.1, 0.15) is 62.5 Å². The van der Waals surface area contributed by atoms with Crippen LogP contribution in [0.25, 0.3) is 0 Å². The molecule has 1 atom stereocenters. The van der Waals surface area contributed by atoms with E-state index in [1.807, 2.05) is 12.3 Å². The van der Waals surface area contributed by atoms with Crippen molar-refractivity contribution in [2.24, 2.45) is 5.92 Å². The maximum absolute atomic E-state index is 4.48. The third-order valence-electron chi connectivity index (χ3n) is 5.96. The molecule has 3 heterocycles. The van der Waals surface area contributed by atoms with Gasteiger partial charge in [-0.25, -0.2) is 4.98 Å². The quantitative estimate of drug-likeness (QED) is 0.834. The second kappa shape index (κ2) is 8.73. The first-order valence-corrected chi connectivity index (χ1v) is 10.1. The van der Waals surface area contributed by atoms with Crippen LogP contribution < -0.4 is 5.32 Å². The minimum absolute atomic E-state index is 0.324.